The van der Waals surface area contributed by atoms with Crippen molar-refractivity contribution in [3.8, 4) is 0 Å². The molecule has 9 heteroatoms. The van der Waals surface area contributed by atoms with E-state index in [1.54, 1.807) is 13.2 Å². The van der Waals surface area contributed by atoms with Crippen LogP contribution in [0.3, 0.4) is 0 Å². The normalized spacial score (nSPS) is 23.1. The minimum atomic E-state index is -3.59. The van der Waals surface area contributed by atoms with Crippen LogP contribution in [0.1, 0.15) is 12.8 Å². The molecule has 2 N–H and O–H groups in total. The topological polar surface area (TPSA) is 72.6 Å². The van der Waals surface area contributed by atoms with E-state index in [2.05, 4.69) is 15.9 Å². The summed E-state index contributed by atoms with van der Waals surface area (Å²) in [5, 5.41) is 0.474. The second kappa shape index (κ2) is 8.28. The molecular formula is C13H19BrCl2N2O3S. The van der Waals surface area contributed by atoms with Crippen LogP contribution in [0.15, 0.2) is 27.6 Å². The van der Waals surface area contributed by atoms with Gasteiger partial charge in [-0.15, -0.1) is 12.4 Å². The van der Waals surface area contributed by atoms with Crippen LogP contribution >= 0.6 is 39.9 Å². The van der Waals surface area contributed by atoms with Gasteiger partial charge in [0, 0.05) is 30.7 Å². The highest BCUT2D eigenvalue weighted by Crippen LogP contribution is 2.30. The summed E-state index contributed by atoms with van der Waals surface area (Å²) < 4.78 is 32.9. The van der Waals surface area contributed by atoms with Crippen LogP contribution in [0.2, 0.25) is 5.02 Å². The van der Waals surface area contributed by atoms with Gasteiger partial charge in [-0.25, -0.2) is 8.42 Å². The third-order valence-electron chi connectivity index (χ3n) is 3.72. The Morgan fingerprint density at radius 3 is 2.73 bits per heavy atom. The Morgan fingerprint density at radius 1 is 1.50 bits per heavy atom. The molecule has 1 aliphatic rings. The zero-order chi connectivity index (χ0) is 15.6. The number of rotatable bonds is 4. The first kappa shape index (κ1) is 20.2. The maximum atomic E-state index is 12.8. The number of hydrogen-bond donors (Lipinski definition) is 1. The van der Waals surface area contributed by atoms with E-state index in [9.17, 15) is 8.42 Å². The van der Waals surface area contributed by atoms with Crippen molar-refractivity contribution in [1.82, 2.24) is 4.31 Å². The van der Waals surface area contributed by atoms with Crippen LogP contribution in [0.4, 0.5) is 0 Å². The monoisotopic (exact) mass is 432 g/mol. The predicted octanol–water partition coefficient (Wildman–Crippen LogP) is 2.65. The van der Waals surface area contributed by atoms with Gasteiger partial charge in [0.15, 0.2) is 0 Å². The standard InChI is InChI=1S/C13H18BrClN2O3S.ClH/c1-20-10-4-5-17(9(6-10)8-16)21(18,19)11-2-3-13(15)12(14)7-11;/h2-3,7,9-10H,4-6,8,16H2,1H3;1H. The Hall–Kier alpha value is 0.110. The van der Waals surface area contributed by atoms with Crippen LogP contribution in [-0.4, -0.2) is 45.1 Å². The molecule has 126 valence electrons. The lowest BCUT2D eigenvalue weighted by atomic mass is 10.0. The number of nitrogens with zero attached hydrogens (tertiary/aromatic N) is 1. The van der Waals surface area contributed by atoms with E-state index in [-0.39, 0.29) is 36.0 Å². The van der Waals surface area contributed by atoms with Crippen molar-refractivity contribution in [1.29, 1.82) is 0 Å². The maximum Gasteiger partial charge on any atom is 0.243 e. The van der Waals surface area contributed by atoms with Crippen molar-refractivity contribution in [3.05, 3.63) is 27.7 Å². The summed E-state index contributed by atoms with van der Waals surface area (Å²) >= 11 is 9.17. The number of sulfonamides is 1. The summed E-state index contributed by atoms with van der Waals surface area (Å²) in [6, 6.07) is 4.35. The number of benzene rings is 1. The molecule has 2 unspecified atom stereocenters. The van der Waals surface area contributed by atoms with E-state index in [1.807, 2.05) is 0 Å². The Balaban J connectivity index is 0.00000242. The molecule has 5 nitrogen and oxygen atoms in total. The molecule has 0 radical (unpaired) electrons. The Bertz CT molecular complexity index is 615. The molecule has 22 heavy (non-hydrogen) atoms. The minimum absolute atomic E-state index is 0. The van der Waals surface area contributed by atoms with Crippen molar-refractivity contribution < 1.29 is 13.2 Å². The van der Waals surface area contributed by atoms with Crippen LogP contribution in [0, 0.1) is 0 Å². The van der Waals surface area contributed by atoms with Crippen molar-refractivity contribution in [2.75, 3.05) is 20.2 Å². The Labute approximate surface area is 150 Å². The lowest BCUT2D eigenvalue weighted by Crippen LogP contribution is -2.51. The second-order valence-electron chi connectivity index (χ2n) is 4.96. The fourth-order valence-corrected chi connectivity index (χ4v) is 4.85. The summed E-state index contributed by atoms with van der Waals surface area (Å²) in [7, 11) is -1.95. The quantitative estimate of drug-likeness (QED) is 0.791. The molecule has 0 aromatic heterocycles. The average molecular weight is 434 g/mol. The predicted molar refractivity (Wildman–Crippen MR) is 93.2 cm³/mol. The molecule has 1 aromatic rings. The molecule has 1 fully saturated rings. The fraction of sp³-hybridized carbons (Fsp3) is 0.538. The first-order chi connectivity index (χ1) is 9.90. The molecule has 0 amide bonds. The van der Waals surface area contributed by atoms with Crippen molar-refractivity contribution in [2.24, 2.45) is 5.73 Å². The Morgan fingerprint density at radius 2 is 2.18 bits per heavy atom. The first-order valence-corrected chi connectivity index (χ1v) is 9.21. The SMILES string of the molecule is COC1CCN(S(=O)(=O)c2ccc(Cl)c(Br)c2)C(CN)C1.Cl. The molecule has 0 bridgehead atoms. The highest BCUT2D eigenvalue weighted by molar-refractivity contribution is 9.10. The Kier molecular flexibility index (Phi) is 7.59. The number of hydrogen-bond acceptors (Lipinski definition) is 4. The third-order valence-corrected chi connectivity index (χ3v) is 6.88. The van der Waals surface area contributed by atoms with E-state index in [0.29, 0.717) is 28.9 Å². The van der Waals surface area contributed by atoms with Gasteiger partial charge in [0.2, 0.25) is 10.0 Å². The largest absolute Gasteiger partial charge is 0.381 e. The van der Waals surface area contributed by atoms with Crippen molar-refractivity contribution in [3.63, 3.8) is 0 Å². The van der Waals surface area contributed by atoms with Gasteiger partial charge in [-0.3, -0.25) is 0 Å². The zero-order valence-electron chi connectivity index (χ0n) is 12.0. The zero-order valence-corrected chi connectivity index (χ0v) is 16.0. The number of nitrogens with two attached hydrogens (primary N) is 1. The van der Waals surface area contributed by atoms with E-state index in [4.69, 9.17) is 22.1 Å². The number of ether oxygens (including phenoxy) is 1. The average Bonchev–Trinajstić information content (AvgIpc) is 2.49. The number of piperidine rings is 1. The first-order valence-electron chi connectivity index (χ1n) is 6.60. The minimum Gasteiger partial charge on any atom is -0.381 e. The highest BCUT2D eigenvalue weighted by Gasteiger charge is 2.36. The second-order valence-corrected chi connectivity index (χ2v) is 8.12. The lowest BCUT2D eigenvalue weighted by molar-refractivity contribution is 0.0401. The molecule has 1 saturated heterocycles. The van der Waals surface area contributed by atoms with Crippen molar-refractivity contribution in [2.45, 2.75) is 29.9 Å². The van der Waals surface area contributed by atoms with E-state index in [0.717, 1.165) is 0 Å². The lowest BCUT2D eigenvalue weighted by Gasteiger charge is -2.37. The van der Waals surface area contributed by atoms with Crippen LogP contribution < -0.4 is 5.73 Å². The van der Waals surface area contributed by atoms with Gasteiger partial charge in [0.05, 0.1) is 16.0 Å². The molecule has 0 aliphatic carbocycles. The smallest absolute Gasteiger partial charge is 0.243 e. The summed E-state index contributed by atoms with van der Waals surface area (Å²) in [5.41, 5.74) is 5.75. The molecule has 2 atom stereocenters. The number of methoxy groups -OCH3 is 1. The van der Waals surface area contributed by atoms with Gasteiger partial charge >= 0.3 is 0 Å². The van der Waals surface area contributed by atoms with Crippen LogP contribution in [-0.2, 0) is 14.8 Å². The van der Waals surface area contributed by atoms with Gasteiger partial charge < -0.3 is 10.5 Å². The molecular weight excluding hydrogens is 415 g/mol. The van der Waals surface area contributed by atoms with Gasteiger partial charge in [0.1, 0.15) is 0 Å². The van der Waals surface area contributed by atoms with Crippen molar-refractivity contribution >= 4 is 50.0 Å². The van der Waals surface area contributed by atoms with Crippen LogP contribution in [0.5, 0.6) is 0 Å². The van der Waals surface area contributed by atoms with Gasteiger partial charge in [-0.1, -0.05) is 11.6 Å². The van der Waals surface area contributed by atoms with E-state index in [1.165, 1.54) is 16.4 Å². The summed E-state index contributed by atoms with van der Waals surface area (Å²) in [6.45, 7) is 0.677. The summed E-state index contributed by atoms with van der Waals surface area (Å²) in [5.74, 6) is 0. The van der Waals surface area contributed by atoms with E-state index < -0.39 is 10.0 Å². The summed E-state index contributed by atoms with van der Waals surface area (Å²) in [6.07, 6.45) is 1.34. The van der Waals surface area contributed by atoms with E-state index >= 15 is 0 Å². The van der Waals surface area contributed by atoms with Gasteiger partial charge in [0.25, 0.3) is 0 Å². The maximum absolute atomic E-state index is 12.8. The fourth-order valence-electron chi connectivity index (χ4n) is 2.51. The molecule has 0 saturated carbocycles. The molecule has 0 spiro atoms. The molecule has 2 rings (SSSR count). The highest BCUT2D eigenvalue weighted by atomic mass is 79.9. The van der Waals surface area contributed by atoms with Crippen LogP contribution in [0.25, 0.3) is 0 Å². The number of halogens is 3. The van der Waals surface area contributed by atoms with Gasteiger partial charge in [-0.05, 0) is 47.0 Å². The molecule has 1 aliphatic heterocycles. The third kappa shape index (κ3) is 4.14. The van der Waals surface area contributed by atoms with Gasteiger partial charge in [-0.2, -0.15) is 4.31 Å². The summed E-state index contributed by atoms with van der Waals surface area (Å²) in [4.78, 5) is 0.216. The molecule has 1 aromatic carbocycles. The molecule has 1 heterocycles.